The highest BCUT2D eigenvalue weighted by Crippen LogP contribution is 2.30. The molecule has 5 nitrogen and oxygen atoms in total. The summed E-state index contributed by atoms with van der Waals surface area (Å²) < 4.78 is 29.3. The third-order valence-electron chi connectivity index (χ3n) is 6.60. The highest BCUT2D eigenvalue weighted by molar-refractivity contribution is 5.90. The summed E-state index contributed by atoms with van der Waals surface area (Å²) in [5, 5.41) is 4.41. The maximum Gasteiger partial charge on any atom is 0.163 e. The molecule has 3 aromatic carbocycles. The summed E-state index contributed by atoms with van der Waals surface area (Å²) in [6, 6.07) is 22.7. The van der Waals surface area contributed by atoms with Crippen LogP contribution in [0.5, 0.6) is 0 Å². The van der Waals surface area contributed by atoms with Crippen LogP contribution in [-0.2, 0) is 0 Å². The lowest BCUT2D eigenvalue weighted by atomic mass is 9.91. The molecule has 182 valence electrons. The number of aryl methyl sites for hydroxylation is 1. The first-order valence-electron chi connectivity index (χ1n) is 12.0. The van der Waals surface area contributed by atoms with Gasteiger partial charge in [0.15, 0.2) is 5.82 Å². The van der Waals surface area contributed by atoms with E-state index in [1.807, 2.05) is 54.0 Å². The maximum atomic E-state index is 13.7. The number of benzene rings is 3. The standard InChI is InChI=1S/C30H23F2N5/c1-19-16-28-33-14-15-37(28)18-26(19)30-35-27-5-3-2-4-24(27)29(36-30)34-17-25(20-6-10-22(31)11-7-20)21-8-12-23(32)13-9-21/h2-16,18,25H,17H2,1H3,(H,34,35,36). The molecule has 3 aromatic heterocycles. The zero-order valence-electron chi connectivity index (χ0n) is 20.1. The Morgan fingerprint density at radius 1 is 0.865 bits per heavy atom. The van der Waals surface area contributed by atoms with Crippen molar-refractivity contribution >= 4 is 22.4 Å². The zero-order valence-corrected chi connectivity index (χ0v) is 20.1. The molecule has 3 heterocycles. The van der Waals surface area contributed by atoms with Crippen LogP contribution >= 0.6 is 0 Å². The molecule has 0 radical (unpaired) electrons. The second-order valence-corrected chi connectivity index (χ2v) is 9.01. The predicted octanol–water partition coefficient (Wildman–Crippen LogP) is 6.78. The first-order chi connectivity index (χ1) is 18.0. The van der Waals surface area contributed by atoms with Crippen LogP contribution in [0.1, 0.15) is 22.6 Å². The molecule has 0 amide bonds. The molecular weight excluding hydrogens is 468 g/mol. The molecule has 0 fully saturated rings. The average molecular weight is 492 g/mol. The van der Waals surface area contributed by atoms with E-state index in [1.165, 1.54) is 24.3 Å². The molecule has 0 saturated heterocycles. The van der Waals surface area contributed by atoms with Crippen LogP contribution in [0.25, 0.3) is 27.9 Å². The number of nitrogens with zero attached hydrogens (tertiary/aromatic N) is 4. The van der Waals surface area contributed by atoms with Gasteiger partial charge in [-0.3, -0.25) is 0 Å². The van der Waals surface area contributed by atoms with Gasteiger partial charge in [-0.15, -0.1) is 0 Å². The van der Waals surface area contributed by atoms with Gasteiger partial charge in [-0.05, 0) is 66.1 Å². The van der Waals surface area contributed by atoms with Gasteiger partial charge in [-0.1, -0.05) is 36.4 Å². The number of hydrogen-bond acceptors (Lipinski definition) is 4. The Kier molecular flexibility index (Phi) is 5.81. The Bertz CT molecular complexity index is 1660. The Balaban J connectivity index is 1.41. The number of nitrogens with one attached hydrogen (secondary N) is 1. The summed E-state index contributed by atoms with van der Waals surface area (Å²) >= 11 is 0. The van der Waals surface area contributed by atoms with Gasteiger partial charge in [0.1, 0.15) is 23.1 Å². The molecule has 6 aromatic rings. The van der Waals surface area contributed by atoms with Crippen LogP contribution in [-0.4, -0.2) is 25.9 Å². The number of rotatable bonds is 6. The number of pyridine rings is 1. The van der Waals surface area contributed by atoms with Crippen LogP contribution in [0.15, 0.2) is 97.5 Å². The van der Waals surface area contributed by atoms with E-state index in [0.717, 1.165) is 38.8 Å². The maximum absolute atomic E-state index is 13.7. The number of anilines is 1. The highest BCUT2D eigenvalue weighted by Gasteiger charge is 2.17. The number of aromatic nitrogens is 4. The van der Waals surface area contributed by atoms with Crippen molar-refractivity contribution in [2.75, 3.05) is 11.9 Å². The summed E-state index contributed by atoms with van der Waals surface area (Å²) in [6.07, 6.45) is 5.65. The Hall–Kier alpha value is -4.65. The van der Waals surface area contributed by atoms with Gasteiger partial charge in [0.05, 0.1) is 5.52 Å². The van der Waals surface area contributed by atoms with E-state index in [2.05, 4.69) is 10.3 Å². The lowest BCUT2D eigenvalue weighted by Crippen LogP contribution is -2.15. The van der Waals surface area contributed by atoms with Crippen LogP contribution in [0.2, 0.25) is 0 Å². The van der Waals surface area contributed by atoms with Gasteiger partial charge in [0.25, 0.3) is 0 Å². The summed E-state index contributed by atoms with van der Waals surface area (Å²) in [6.45, 7) is 2.49. The topological polar surface area (TPSA) is 55.1 Å². The lowest BCUT2D eigenvalue weighted by molar-refractivity contribution is 0.625. The number of para-hydroxylation sites is 1. The fourth-order valence-corrected chi connectivity index (χ4v) is 4.64. The van der Waals surface area contributed by atoms with Crippen molar-refractivity contribution in [1.82, 2.24) is 19.4 Å². The fraction of sp³-hybridized carbons (Fsp3) is 0.100. The Morgan fingerprint density at radius 3 is 2.24 bits per heavy atom. The van der Waals surface area contributed by atoms with E-state index in [9.17, 15) is 8.78 Å². The second-order valence-electron chi connectivity index (χ2n) is 9.01. The number of hydrogen-bond donors (Lipinski definition) is 1. The molecule has 0 aliphatic carbocycles. The molecule has 6 rings (SSSR count). The number of fused-ring (bicyclic) bond motifs is 2. The third kappa shape index (κ3) is 4.51. The molecule has 0 saturated carbocycles. The van der Waals surface area contributed by atoms with Crippen LogP contribution in [0, 0.1) is 18.6 Å². The minimum atomic E-state index is -0.300. The molecule has 0 aliphatic rings. The molecule has 7 heteroatoms. The van der Waals surface area contributed by atoms with E-state index >= 15 is 0 Å². The molecule has 1 N–H and O–H groups in total. The van der Waals surface area contributed by atoms with Crippen molar-refractivity contribution in [1.29, 1.82) is 0 Å². The lowest BCUT2D eigenvalue weighted by Gasteiger charge is -2.20. The molecule has 0 bridgehead atoms. The molecule has 0 atom stereocenters. The van der Waals surface area contributed by atoms with E-state index in [-0.39, 0.29) is 17.6 Å². The van der Waals surface area contributed by atoms with Crippen LogP contribution < -0.4 is 5.32 Å². The van der Waals surface area contributed by atoms with Gasteiger partial charge in [-0.2, -0.15) is 0 Å². The van der Waals surface area contributed by atoms with E-state index in [4.69, 9.17) is 9.97 Å². The van der Waals surface area contributed by atoms with Gasteiger partial charge < -0.3 is 9.72 Å². The summed E-state index contributed by atoms with van der Waals surface area (Å²) in [4.78, 5) is 14.1. The average Bonchev–Trinajstić information content (AvgIpc) is 3.37. The predicted molar refractivity (Wildman–Crippen MR) is 142 cm³/mol. The van der Waals surface area contributed by atoms with Crippen LogP contribution in [0.4, 0.5) is 14.6 Å². The van der Waals surface area contributed by atoms with Gasteiger partial charge >= 0.3 is 0 Å². The van der Waals surface area contributed by atoms with Crippen molar-refractivity contribution in [2.45, 2.75) is 12.8 Å². The largest absolute Gasteiger partial charge is 0.368 e. The first kappa shape index (κ1) is 22.8. The number of imidazole rings is 1. The zero-order chi connectivity index (χ0) is 25.4. The highest BCUT2D eigenvalue weighted by atomic mass is 19.1. The van der Waals surface area contributed by atoms with Crippen molar-refractivity contribution in [3.8, 4) is 11.4 Å². The summed E-state index contributed by atoms with van der Waals surface area (Å²) in [5.41, 5.74) is 5.45. The summed E-state index contributed by atoms with van der Waals surface area (Å²) in [7, 11) is 0. The summed E-state index contributed by atoms with van der Waals surface area (Å²) in [5.74, 6) is 0.550. The molecule has 0 unspecified atom stereocenters. The van der Waals surface area contributed by atoms with E-state index < -0.39 is 0 Å². The SMILES string of the molecule is Cc1cc2nccn2cc1-c1nc(NCC(c2ccc(F)cc2)c2ccc(F)cc2)c2ccccc2n1. The Labute approximate surface area is 212 Å². The van der Waals surface area contributed by atoms with Crippen molar-refractivity contribution in [3.05, 3.63) is 126 Å². The molecular formula is C30H23F2N5. The van der Waals surface area contributed by atoms with Crippen molar-refractivity contribution in [2.24, 2.45) is 0 Å². The normalized spacial score (nSPS) is 11.5. The third-order valence-corrected chi connectivity index (χ3v) is 6.60. The van der Waals surface area contributed by atoms with Gasteiger partial charge in [-0.25, -0.2) is 23.7 Å². The second kappa shape index (κ2) is 9.43. The first-order valence-corrected chi connectivity index (χ1v) is 12.0. The van der Waals surface area contributed by atoms with Crippen LogP contribution in [0.3, 0.4) is 0 Å². The minimum absolute atomic E-state index is 0.151. The van der Waals surface area contributed by atoms with E-state index in [0.29, 0.717) is 18.2 Å². The Morgan fingerprint density at radius 2 is 1.54 bits per heavy atom. The number of halogens is 2. The smallest absolute Gasteiger partial charge is 0.163 e. The monoisotopic (exact) mass is 491 g/mol. The molecule has 37 heavy (non-hydrogen) atoms. The van der Waals surface area contributed by atoms with Gasteiger partial charge in [0.2, 0.25) is 0 Å². The molecule has 0 aliphatic heterocycles. The van der Waals surface area contributed by atoms with Crippen molar-refractivity contribution < 1.29 is 8.78 Å². The van der Waals surface area contributed by atoms with E-state index in [1.54, 1.807) is 30.5 Å². The van der Waals surface area contributed by atoms with Gasteiger partial charge in [0, 0.05) is 42.0 Å². The molecule has 0 spiro atoms. The van der Waals surface area contributed by atoms with Crippen molar-refractivity contribution in [3.63, 3.8) is 0 Å². The quantitative estimate of drug-likeness (QED) is 0.279. The minimum Gasteiger partial charge on any atom is -0.368 e. The fourth-order valence-electron chi connectivity index (χ4n) is 4.64.